The number of likely N-dealkylation sites (tertiary alicyclic amines) is 1. The highest BCUT2D eigenvalue weighted by molar-refractivity contribution is 6.01. The van der Waals surface area contributed by atoms with Gasteiger partial charge >= 0.3 is 12.0 Å². The number of nitrogens with one attached hydrogen (secondary N) is 2. The van der Waals surface area contributed by atoms with Crippen LogP contribution >= 0.6 is 0 Å². The summed E-state index contributed by atoms with van der Waals surface area (Å²) in [6, 6.07) is 4.41. The molecule has 0 spiro atoms. The average molecular weight is 377 g/mol. The standard InChI is InChI=1S/C18H23N3O6/c22-16(11-21-6-4-12(5-7-21)17(23)24)20-18(25)19-13-2-3-14-15(10-13)27-9-1-8-26-14/h2-3,10,12H,1,4-9,11H2,(H,23,24)(H2,19,20,22,25). The van der Waals surface area contributed by atoms with Gasteiger partial charge in [0.2, 0.25) is 5.91 Å². The van der Waals surface area contributed by atoms with Crippen molar-refractivity contribution in [1.29, 1.82) is 0 Å². The molecule has 0 radical (unpaired) electrons. The summed E-state index contributed by atoms with van der Waals surface area (Å²) in [5, 5.41) is 13.9. The summed E-state index contributed by atoms with van der Waals surface area (Å²) < 4.78 is 11.1. The summed E-state index contributed by atoms with van der Waals surface area (Å²) in [6.07, 6.45) is 1.80. The summed E-state index contributed by atoms with van der Waals surface area (Å²) in [4.78, 5) is 36.8. The molecule has 0 aromatic heterocycles. The van der Waals surface area contributed by atoms with Gasteiger partial charge in [0.1, 0.15) is 0 Å². The van der Waals surface area contributed by atoms with Crippen LogP contribution in [-0.2, 0) is 9.59 Å². The molecule has 146 valence electrons. The Balaban J connectivity index is 1.46. The number of ether oxygens (including phenoxy) is 2. The molecule has 0 aliphatic carbocycles. The van der Waals surface area contributed by atoms with Crippen LogP contribution in [0.15, 0.2) is 18.2 Å². The van der Waals surface area contributed by atoms with Gasteiger partial charge < -0.3 is 19.9 Å². The van der Waals surface area contributed by atoms with Gasteiger partial charge in [-0.1, -0.05) is 0 Å². The molecule has 1 aromatic rings. The number of imide groups is 1. The lowest BCUT2D eigenvalue weighted by Crippen LogP contribution is -2.45. The van der Waals surface area contributed by atoms with Gasteiger partial charge in [-0.3, -0.25) is 19.8 Å². The molecule has 2 heterocycles. The Labute approximate surface area is 156 Å². The molecule has 2 aliphatic heterocycles. The summed E-state index contributed by atoms with van der Waals surface area (Å²) in [5.41, 5.74) is 0.492. The van der Waals surface area contributed by atoms with E-state index in [9.17, 15) is 14.4 Å². The van der Waals surface area contributed by atoms with Gasteiger partial charge in [-0.2, -0.15) is 0 Å². The maximum atomic E-state index is 12.0. The molecule has 1 aromatic carbocycles. The number of aliphatic carboxylic acids is 1. The molecule has 0 bridgehead atoms. The predicted octanol–water partition coefficient (Wildman–Crippen LogP) is 1.29. The Bertz CT molecular complexity index is 715. The number of carboxylic acid groups (broad SMARTS) is 1. The Hall–Kier alpha value is -2.81. The molecule has 27 heavy (non-hydrogen) atoms. The van der Waals surface area contributed by atoms with Crippen LogP contribution in [0, 0.1) is 5.92 Å². The third-order valence-electron chi connectivity index (χ3n) is 4.56. The van der Waals surface area contributed by atoms with E-state index < -0.39 is 17.9 Å². The van der Waals surface area contributed by atoms with Crippen LogP contribution < -0.4 is 20.1 Å². The summed E-state index contributed by atoms with van der Waals surface area (Å²) >= 11 is 0. The number of carbonyl (C=O) groups excluding carboxylic acids is 2. The monoisotopic (exact) mass is 377 g/mol. The molecule has 0 saturated carbocycles. The van der Waals surface area contributed by atoms with E-state index in [-0.39, 0.29) is 12.5 Å². The van der Waals surface area contributed by atoms with E-state index in [0.717, 1.165) is 6.42 Å². The van der Waals surface area contributed by atoms with E-state index in [1.54, 1.807) is 18.2 Å². The maximum absolute atomic E-state index is 12.0. The molecule has 9 heteroatoms. The number of hydrogen-bond donors (Lipinski definition) is 3. The maximum Gasteiger partial charge on any atom is 0.325 e. The zero-order valence-electron chi connectivity index (χ0n) is 14.9. The van der Waals surface area contributed by atoms with Gasteiger partial charge in [0.05, 0.1) is 25.7 Å². The topological polar surface area (TPSA) is 117 Å². The summed E-state index contributed by atoms with van der Waals surface area (Å²) in [7, 11) is 0. The highest BCUT2D eigenvalue weighted by Crippen LogP contribution is 2.32. The SMILES string of the molecule is O=C(CN1CCC(C(=O)O)CC1)NC(=O)Nc1ccc2c(c1)OCCCO2. The van der Waals surface area contributed by atoms with Crippen molar-refractivity contribution in [3.63, 3.8) is 0 Å². The number of piperidine rings is 1. The minimum atomic E-state index is -0.798. The van der Waals surface area contributed by atoms with Gasteiger partial charge in [0, 0.05) is 18.2 Å². The number of fused-ring (bicyclic) bond motifs is 1. The molecule has 1 fully saturated rings. The Kier molecular flexibility index (Phi) is 6.12. The number of carboxylic acids is 1. The Morgan fingerprint density at radius 3 is 2.52 bits per heavy atom. The minimum Gasteiger partial charge on any atom is -0.490 e. The number of nitrogens with zero attached hydrogens (tertiary/aromatic N) is 1. The van der Waals surface area contributed by atoms with Crippen LogP contribution in [-0.4, -0.2) is 60.8 Å². The van der Waals surface area contributed by atoms with E-state index in [4.69, 9.17) is 14.6 Å². The number of anilines is 1. The van der Waals surface area contributed by atoms with E-state index in [1.165, 1.54) is 0 Å². The van der Waals surface area contributed by atoms with Crippen LogP contribution in [0.1, 0.15) is 19.3 Å². The molecular formula is C18H23N3O6. The Morgan fingerprint density at radius 2 is 1.81 bits per heavy atom. The van der Waals surface area contributed by atoms with Crippen molar-refractivity contribution < 1.29 is 29.0 Å². The molecule has 9 nitrogen and oxygen atoms in total. The first kappa shape index (κ1) is 19.0. The second kappa shape index (κ2) is 8.72. The van der Waals surface area contributed by atoms with Crippen LogP contribution in [0.4, 0.5) is 10.5 Å². The minimum absolute atomic E-state index is 0.0564. The molecule has 0 unspecified atom stereocenters. The summed E-state index contributed by atoms with van der Waals surface area (Å²) in [6.45, 7) is 2.22. The third-order valence-corrected chi connectivity index (χ3v) is 4.56. The lowest BCUT2D eigenvalue weighted by Gasteiger charge is -2.29. The highest BCUT2D eigenvalue weighted by Gasteiger charge is 2.25. The Morgan fingerprint density at radius 1 is 1.11 bits per heavy atom. The average Bonchev–Trinajstić information content (AvgIpc) is 2.86. The number of hydrogen-bond acceptors (Lipinski definition) is 6. The van der Waals surface area contributed by atoms with Crippen molar-refractivity contribution in [2.75, 3.05) is 38.2 Å². The van der Waals surface area contributed by atoms with Crippen molar-refractivity contribution in [2.24, 2.45) is 5.92 Å². The fraction of sp³-hybridized carbons (Fsp3) is 0.500. The van der Waals surface area contributed by atoms with Crippen molar-refractivity contribution >= 4 is 23.6 Å². The smallest absolute Gasteiger partial charge is 0.325 e. The van der Waals surface area contributed by atoms with Crippen molar-refractivity contribution in [2.45, 2.75) is 19.3 Å². The van der Waals surface area contributed by atoms with Crippen molar-refractivity contribution in [1.82, 2.24) is 10.2 Å². The lowest BCUT2D eigenvalue weighted by atomic mass is 9.97. The normalized spacial score (nSPS) is 17.6. The molecule has 2 aliphatic rings. The first-order valence-electron chi connectivity index (χ1n) is 8.97. The molecule has 0 atom stereocenters. The molecule has 3 rings (SSSR count). The van der Waals surface area contributed by atoms with Crippen LogP contribution in [0.25, 0.3) is 0 Å². The number of urea groups is 1. The largest absolute Gasteiger partial charge is 0.490 e. The quantitative estimate of drug-likeness (QED) is 0.724. The van der Waals surface area contributed by atoms with E-state index >= 15 is 0 Å². The number of benzene rings is 1. The number of rotatable bonds is 4. The van der Waals surface area contributed by atoms with Crippen LogP contribution in [0.5, 0.6) is 11.5 Å². The summed E-state index contributed by atoms with van der Waals surface area (Å²) in [5.74, 6) is -0.409. The third kappa shape index (κ3) is 5.33. The lowest BCUT2D eigenvalue weighted by molar-refractivity contribution is -0.143. The molecule has 3 N–H and O–H groups in total. The second-order valence-electron chi connectivity index (χ2n) is 6.60. The van der Waals surface area contributed by atoms with E-state index in [2.05, 4.69) is 10.6 Å². The molecule has 3 amide bonds. The molecular weight excluding hydrogens is 354 g/mol. The zero-order chi connectivity index (χ0) is 19.2. The number of amides is 3. The van der Waals surface area contributed by atoms with Crippen LogP contribution in [0.3, 0.4) is 0 Å². The van der Waals surface area contributed by atoms with E-state index in [0.29, 0.717) is 56.3 Å². The highest BCUT2D eigenvalue weighted by atomic mass is 16.5. The van der Waals surface area contributed by atoms with Crippen LogP contribution in [0.2, 0.25) is 0 Å². The van der Waals surface area contributed by atoms with Gasteiger partial charge in [-0.15, -0.1) is 0 Å². The first-order valence-corrected chi connectivity index (χ1v) is 8.97. The second-order valence-corrected chi connectivity index (χ2v) is 6.60. The first-order chi connectivity index (χ1) is 13.0. The molecule has 1 saturated heterocycles. The van der Waals surface area contributed by atoms with Crippen molar-refractivity contribution in [3.8, 4) is 11.5 Å². The van der Waals surface area contributed by atoms with Gasteiger partial charge in [0.15, 0.2) is 11.5 Å². The fourth-order valence-electron chi connectivity index (χ4n) is 3.11. The van der Waals surface area contributed by atoms with Gasteiger partial charge in [-0.25, -0.2) is 4.79 Å². The van der Waals surface area contributed by atoms with E-state index in [1.807, 2.05) is 4.90 Å². The van der Waals surface area contributed by atoms with Crippen molar-refractivity contribution in [3.05, 3.63) is 18.2 Å². The fourth-order valence-corrected chi connectivity index (χ4v) is 3.11. The zero-order valence-corrected chi connectivity index (χ0v) is 14.9. The van der Waals surface area contributed by atoms with Gasteiger partial charge in [-0.05, 0) is 38.1 Å². The van der Waals surface area contributed by atoms with Gasteiger partial charge in [0.25, 0.3) is 0 Å². The number of carbonyl (C=O) groups is 3. The predicted molar refractivity (Wildman–Crippen MR) is 96.0 cm³/mol.